The summed E-state index contributed by atoms with van der Waals surface area (Å²) in [5.74, 6) is 4.74. The fraction of sp³-hybridized carbons (Fsp3) is 0.625. The van der Waals surface area contributed by atoms with Crippen LogP contribution in [-0.4, -0.2) is 58.5 Å². The first-order chi connectivity index (χ1) is 15.7. The monoisotopic (exact) mass is 439 g/mol. The van der Waals surface area contributed by atoms with Crippen LogP contribution in [0.25, 0.3) is 0 Å². The van der Waals surface area contributed by atoms with Crippen molar-refractivity contribution in [3.8, 4) is 11.5 Å². The van der Waals surface area contributed by atoms with Gasteiger partial charge in [-0.3, -0.25) is 4.79 Å². The van der Waals surface area contributed by atoms with Gasteiger partial charge in [-0.05, 0) is 42.9 Å². The summed E-state index contributed by atoms with van der Waals surface area (Å²) in [6.07, 6.45) is 5.93. The Balaban J connectivity index is 1.10. The molecule has 1 atom stereocenters. The van der Waals surface area contributed by atoms with Crippen LogP contribution in [0.4, 0.5) is 0 Å². The number of ether oxygens (including phenoxy) is 2. The average molecular weight is 440 g/mol. The summed E-state index contributed by atoms with van der Waals surface area (Å²) in [4.78, 5) is 14.6. The molecule has 3 heterocycles. The summed E-state index contributed by atoms with van der Waals surface area (Å²) in [6, 6.07) is 6.26. The molecular weight excluding hydrogens is 406 g/mol. The van der Waals surface area contributed by atoms with E-state index in [-0.39, 0.29) is 11.8 Å². The number of amides is 1. The van der Waals surface area contributed by atoms with Gasteiger partial charge in [0.2, 0.25) is 12.7 Å². The number of nitrogens with zero attached hydrogens (tertiary/aromatic N) is 4. The molecule has 8 nitrogen and oxygen atoms in total. The van der Waals surface area contributed by atoms with Gasteiger partial charge in [0.25, 0.3) is 0 Å². The fourth-order valence-corrected chi connectivity index (χ4v) is 4.88. The maximum absolute atomic E-state index is 12.1. The average Bonchev–Trinajstić information content (AvgIpc) is 3.30. The van der Waals surface area contributed by atoms with Gasteiger partial charge in [-0.25, -0.2) is 0 Å². The Morgan fingerprint density at radius 2 is 2.06 bits per heavy atom. The van der Waals surface area contributed by atoms with Gasteiger partial charge in [0.05, 0.1) is 0 Å². The minimum absolute atomic E-state index is 0.203. The maximum Gasteiger partial charge on any atom is 0.231 e. The van der Waals surface area contributed by atoms with Crippen molar-refractivity contribution in [3.63, 3.8) is 0 Å². The van der Waals surface area contributed by atoms with E-state index >= 15 is 0 Å². The number of carbonyl (C=O) groups excluding carboxylic acids is 1. The van der Waals surface area contributed by atoms with Gasteiger partial charge in [0.1, 0.15) is 11.6 Å². The minimum atomic E-state index is 0.203. The van der Waals surface area contributed by atoms with Crippen LogP contribution in [-0.2, 0) is 30.6 Å². The molecule has 0 spiro atoms. The third kappa shape index (κ3) is 4.75. The number of nitrogens with one attached hydrogen (secondary N) is 1. The Morgan fingerprint density at radius 3 is 2.91 bits per heavy atom. The fourth-order valence-electron chi connectivity index (χ4n) is 4.88. The lowest BCUT2D eigenvalue weighted by molar-refractivity contribution is -0.127. The Morgan fingerprint density at radius 1 is 1.19 bits per heavy atom. The first-order valence-corrected chi connectivity index (χ1v) is 12.0. The molecule has 3 aliphatic rings. The largest absolute Gasteiger partial charge is 0.454 e. The van der Waals surface area contributed by atoms with Crippen LogP contribution in [0.15, 0.2) is 18.2 Å². The highest BCUT2D eigenvalue weighted by molar-refractivity contribution is 5.79. The van der Waals surface area contributed by atoms with Crippen molar-refractivity contribution < 1.29 is 14.3 Å². The van der Waals surface area contributed by atoms with Gasteiger partial charge < -0.3 is 24.3 Å². The summed E-state index contributed by atoms with van der Waals surface area (Å²) in [5, 5.41) is 11.9. The van der Waals surface area contributed by atoms with Crippen molar-refractivity contribution in [1.82, 2.24) is 25.0 Å². The Labute approximate surface area is 189 Å². The second-order valence-corrected chi connectivity index (χ2v) is 9.40. The smallest absolute Gasteiger partial charge is 0.231 e. The van der Waals surface area contributed by atoms with Crippen LogP contribution < -0.4 is 14.8 Å². The molecule has 1 amide bonds. The minimum Gasteiger partial charge on any atom is -0.454 e. The molecule has 32 heavy (non-hydrogen) atoms. The van der Waals surface area contributed by atoms with E-state index in [9.17, 15) is 4.79 Å². The van der Waals surface area contributed by atoms with Gasteiger partial charge in [0, 0.05) is 51.5 Å². The second kappa shape index (κ2) is 9.48. The highest BCUT2D eigenvalue weighted by Gasteiger charge is 2.25. The lowest BCUT2D eigenvalue weighted by Gasteiger charge is -2.24. The van der Waals surface area contributed by atoms with Crippen molar-refractivity contribution in [3.05, 3.63) is 35.4 Å². The number of fused-ring (bicyclic) bond motifs is 2. The second-order valence-electron chi connectivity index (χ2n) is 9.40. The van der Waals surface area contributed by atoms with E-state index in [0.29, 0.717) is 19.3 Å². The normalized spacial score (nSPS) is 19.2. The van der Waals surface area contributed by atoms with Crippen LogP contribution in [0.1, 0.15) is 43.4 Å². The summed E-state index contributed by atoms with van der Waals surface area (Å²) >= 11 is 0. The van der Waals surface area contributed by atoms with E-state index < -0.39 is 0 Å². The van der Waals surface area contributed by atoms with E-state index in [1.807, 2.05) is 6.07 Å². The molecule has 0 unspecified atom stereocenters. The van der Waals surface area contributed by atoms with Crippen molar-refractivity contribution in [2.24, 2.45) is 11.8 Å². The third-order valence-corrected chi connectivity index (χ3v) is 6.91. The highest BCUT2D eigenvalue weighted by atomic mass is 16.7. The summed E-state index contributed by atoms with van der Waals surface area (Å²) < 4.78 is 13.2. The molecule has 8 heteroatoms. The maximum atomic E-state index is 12.1. The molecular formula is C24H33N5O3. The van der Waals surface area contributed by atoms with E-state index in [2.05, 4.69) is 44.0 Å². The van der Waals surface area contributed by atoms with Crippen molar-refractivity contribution >= 4 is 5.91 Å². The van der Waals surface area contributed by atoms with Crippen molar-refractivity contribution in [1.29, 1.82) is 0 Å². The SMILES string of the molecule is C[C@@H](Cc1ccc2c(c1)OCO2)CN1CCc2nnc(CCNC(=O)C3CCC3)n2CC1. The molecule has 0 bridgehead atoms. The molecule has 1 N–H and O–H groups in total. The van der Waals surface area contributed by atoms with E-state index in [0.717, 1.165) is 81.4 Å². The predicted molar refractivity (Wildman–Crippen MR) is 120 cm³/mol. The van der Waals surface area contributed by atoms with E-state index in [1.165, 1.54) is 12.0 Å². The highest BCUT2D eigenvalue weighted by Crippen LogP contribution is 2.33. The number of aromatic nitrogens is 3. The van der Waals surface area contributed by atoms with Gasteiger partial charge in [-0.2, -0.15) is 0 Å². The molecule has 1 aromatic heterocycles. The van der Waals surface area contributed by atoms with Crippen LogP contribution in [0.2, 0.25) is 0 Å². The molecule has 2 aromatic rings. The Bertz CT molecular complexity index is 955. The van der Waals surface area contributed by atoms with Crippen LogP contribution >= 0.6 is 0 Å². The number of rotatable bonds is 8. The molecule has 5 rings (SSSR count). The van der Waals surface area contributed by atoms with Gasteiger partial charge in [-0.1, -0.05) is 19.4 Å². The zero-order valence-corrected chi connectivity index (χ0v) is 18.9. The van der Waals surface area contributed by atoms with Crippen LogP contribution in [0, 0.1) is 11.8 Å². The lowest BCUT2D eigenvalue weighted by atomic mass is 9.85. The number of hydrogen-bond donors (Lipinski definition) is 1. The Kier molecular flexibility index (Phi) is 6.30. The summed E-state index contributed by atoms with van der Waals surface area (Å²) in [5.41, 5.74) is 1.29. The van der Waals surface area contributed by atoms with Crippen LogP contribution in [0.5, 0.6) is 11.5 Å². The summed E-state index contributed by atoms with van der Waals surface area (Å²) in [7, 11) is 0. The quantitative estimate of drug-likeness (QED) is 0.679. The first kappa shape index (κ1) is 21.2. The zero-order chi connectivity index (χ0) is 21.9. The van der Waals surface area contributed by atoms with Gasteiger partial charge in [-0.15, -0.1) is 10.2 Å². The number of benzene rings is 1. The molecule has 172 valence electrons. The van der Waals surface area contributed by atoms with Crippen molar-refractivity contribution in [2.45, 2.75) is 52.0 Å². The standard InChI is InChI=1S/C24H33N5O3/c1-17(13-18-5-6-20-21(14-18)32-16-31-20)15-28-10-8-23-27-26-22(29(23)12-11-28)7-9-25-24(30)19-3-2-4-19/h5-6,14,17,19H,2-4,7-13,15-16H2,1H3,(H,25,30)/t17-/m0/s1. The van der Waals surface area contributed by atoms with E-state index in [1.54, 1.807) is 0 Å². The number of carbonyl (C=O) groups is 1. The molecule has 0 saturated heterocycles. The van der Waals surface area contributed by atoms with Crippen LogP contribution in [0.3, 0.4) is 0 Å². The topological polar surface area (TPSA) is 81.5 Å². The molecule has 2 aliphatic heterocycles. The third-order valence-electron chi connectivity index (χ3n) is 6.91. The molecule has 1 aliphatic carbocycles. The first-order valence-electron chi connectivity index (χ1n) is 12.0. The van der Waals surface area contributed by atoms with Crippen molar-refractivity contribution in [2.75, 3.05) is 33.0 Å². The number of hydrogen-bond acceptors (Lipinski definition) is 6. The molecule has 1 fully saturated rings. The van der Waals surface area contributed by atoms with E-state index in [4.69, 9.17) is 9.47 Å². The van der Waals surface area contributed by atoms with Gasteiger partial charge >= 0.3 is 0 Å². The Hall–Kier alpha value is -2.61. The molecule has 1 aromatic carbocycles. The van der Waals surface area contributed by atoms with Gasteiger partial charge in [0.15, 0.2) is 11.5 Å². The molecule has 0 radical (unpaired) electrons. The zero-order valence-electron chi connectivity index (χ0n) is 18.9. The summed E-state index contributed by atoms with van der Waals surface area (Å²) in [6.45, 7) is 7.24. The predicted octanol–water partition coefficient (Wildman–Crippen LogP) is 2.20. The molecule has 1 saturated carbocycles. The lowest BCUT2D eigenvalue weighted by Crippen LogP contribution is -2.35.